The molecule has 3 aromatic rings. The monoisotopic (exact) mass is 435 g/mol. The van der Waals surface area contributed by atoms with Crippen LogP contribution < -0.4 is 14.8 Å². The maximum atomic E-state index is 14.6. The van der Waals surface area contributed by atoms with Gasteiger partial charge in [-0.05, 0) is 19.9 Å². The van der Waals surface area contributed by atoms with Crippen LogP contribution in [-0.4, -0.2) is 37.4 Å². The van der Waals surface area contributed by atoms with Crippen LogP contribution in [0.4, 0.5) is 19.0 Å². The summed E-state index contributed by atoms with van der Waals surface area (Å²) in [6.45, 7) is 4.15. The van der Waals surface area contributed by atoms with Crippen molar-refractivity contribution in [3.63, 3.8) is 0 Å². The van der Waals surface area contributed by atoms with Gasteiger partial charge in [-0.1, -0.05) is 18.2 Å². The number of benzene rings is 2. The Labute approximate surface area is 178 Å². The molecule has 0 aliphatic carbocycles. The number of fused-ring (bicyclic) bond motifs is 1. The molecule has 6 nitrogen and oxygen atoms in total. The molecular weight excluding hydrogens is 411 g/mol. The smallest absolute Gasteiger partial charge is 0.266 e. The second-order valence-corrected chi connectivity index (χ2v) is 6.90. The van der Waals surface area contributed by atoms with Crippen LogP contribution in [0.15, 0.2) is 30.3 Å². The molecule has 0 radical (unpaired) electrons. The van der Waals surface area contributed by atoms with Crippen molar-refractivity contribution in [3.05, 3.63) is 53.1 Å². The molecule has 9 heteroatoms. The van der Waals surface area contributed by atoms with Crippen LogP contribution in [0.3, 0.4) is 0 Å². The molecule has 0 amide bonds. The lowest BCUT2D eigenvalue weighted by molar-refractivity contribution is 0.144. The first kappa shape index (κ1) is 22.6. The molecule has 0 fully saturated rings. The number of hydrogen-bond acceptors (Lipinski definition) is 6. The molecule has 166 valence electrons. The highest BCUT2D eigenvalue weighted by Crippen LogP contribution is 2.36. The highest BCUT2D eigenvalue weighted by atomic mass is 19.3. The first-order valence-corrected chi connectivity index (χ1v) is 9.66. The van der Waals surface area contributed by atoms with Crippen molar-refractivity contribution in [2.75, 3.05) is 32.8 Å². The molecule has 2 aromatic carbocycles. The van der Waals surface area contributed by atoms with Gasteiger partial charge in [-0.3, -0.25) is 0 Å². The SMILES string of the molecule is COCCOc1cc2nc(C)nc(NC(C)c3cccc(C(F)F)c3F)c2cc1OC. The number of rotatable bonds is 9. The lowest BCUT2D eigenvalue weighted by Gasteiger charge is -2.19. The van der Waals surface area contributed by atoms with Crippen LogP contribution in [0.1, 0.15) is 36.3 Å². The third kappa shape index (κ3) is 4.99. The fraction of sp³-hybridized carbons (Fsp3) is 0.364. The fourth-order valence-electron chi connectivity index (χ4n) is 3.22. The molecule has 0 aliphatic rings. The number of methoxy groups -OCH3 is 2. The Balaban J connectivity index is 1.99. The van der Waals surface area contributed by atoms with Gasteiger partial charge in [0.2, 0.25) is 0 Å². The normalized spacial score (nSPS) is 12.3. The Bertz CT molecular complexity index is 1060. The second-order valence-electron chi connectivity index (χ2n) is 6.90. The molecule has 1 atom stereocenters. The van der Waals surface area contributed by atoms with Gasteiger partial charge in [0.1, 0.15) is 24.1 Å². The predicted octanol–water partition coefficient (Wildman–Crippen LogP) is 5.22. The zero-order valence-electron chi connectivity index (χ0n) is 17.7. The van der Waals surface area contributed by atoms with Crippen molar-refractivity contribution in [3.8, 4) is 11.5 Å². The summed E-state index contributed by atoms with van der Waals surface area (Å²) in [4.78, 5) is 8.87. The summed E-state index contributed by atoms with van der Waals surface area (Å²) in [5, 5.41) is 3.74. The fourth-order valence-corrected chi connectivity index (χ4v) is 3.22. The number of anilines is 1. The molecule has 0 spiro atoms. The number of alkyl halides is 2. The summed E-state index contributed by atoms with van der Waals surface area (Å²) in [5.74, 6) is 0.951. The maximum Gasteiger partial charge on any atom is 0.266 e. The minimum atomic E-state index is -2.89. The van der Waals surface area contributed by atoms with Crippen LogP contribution in [0.25, 0.3) is 10.9 Å². The third-order valence-corrected chi connectivity index (χ3v) is 4.75. The minimum absolute atomic E-state index is 0.119. The van der Waals surface area contributed by atoms with Crippen molar-refractivity contribution >= 4 is 16.7 Å². The van der Waals surface area contributed by atoms with Crippen molar-refractivity contribution in [2.24, 2.45) is 0 Å². The van der Waals surface area contributed by atoms with Gasteiger partial charge in [-0.25, -0.2) is 23.1 Å². The lowest BCUT2D eigenvalue weighted by Crippen LogP contribution is -2.12. The quantitative estimate of drug-likeness (QED) is 0.465. The highest BCUT2D eigenvalue weighted by Gasteiger charge is 2.21. The van der Waals surface area contributed by atoms with Gasteiger partial charge in [0.15, 0.2) is 11.5 Å². The summed E-state index contributed by atoms with van der Waals surface area (Å²) in [5.41, 5.74) is 0.0836. The Hall–Kier alpha value is -3.07. The van der Waals surface area contributed by atoms with Gasteiger partial charge < -0.3 is 19.5 Å². The molecule has 3 rings (SSSR count). The summed E-state index contributed by atoms with van der Waals surface area (Å²) in [6, 6.07) is 6.78. The van der Waals surface area contributed by atoms with E-state index in [1.165, 1.54) is 19.2 Å². The number of nitrogens with zero attached hydrogens (tertiary/aromatic N) is 2. The Morgan fingerprint density at radius 1 is 1.03 bits per heavy atom. The Kier molecular flexibility index (Phi) is 7.17. The van der Waals surface area contributed by atoms with E-state index in [9.17, 15) is 13.2 Å². The number of hydrogen-bond donors (Lipinski definition) is 1. The van der Waals surface area contributed by atoms with E-state index in [-0.39, 0.29) is 5.56 Å². The van der Waals surface area contributed by atoms with E-state index in [4.69, 9.17) is 14.2 Å². The number of aromatic nitrogens is 2. The van der Waals surface area contributed by atoms with Crippen LogP contribution in [-0.2, 0) is 4.74 Å². The van der Waals surface area contributed by atoms with Gasteiger partial charge in [0.05, 0.1) is 30.8 Å². The van der Waals surface area contributed by atoms with Gasteiger partial charge >= 0.3 is 0 Å². The zero-order chi connectivity index (χ0) is 22.5. The summed E-state index contributed by atoms with van der Waals surface area (Å²) >= 11 is 0. The van der Waals surface area contributed by atoms with E-state index in [0.29, 0.717) is 47.3 Å². The molecular formula is C22H24F3N3O3. The van der Waals surface area contributed by atoms with Crippen LogP contribution >= 0.6 is 0 Å². The van der Waals surface area contributed by atoms with E-state index >= 15 is 0 Å². The molecule has 0 saturated carbocycles. The van der Waals surface area contributed by atoms with Crippen molar-refractivity contribution < 1.29 is 27.4 Å². The van der Waals surface area contributed by atoms with Crippen molar-refractivity contribution in [1.29, 1.82) is 0 Å². The molecule has 0 aliphatic heterocycles. The Morgan fingerprint density at radius 3 is 2.45 bits per heavy atom. The average Bonchev–Trinajstić information content (AvgIpc) is 2.73. The van der Waals surface area contributed by atoms with Crippen molar-refractivity contribution in [2.45, 2.75) is 26.3 Å². The molecule has 31 heavy (non-hydrogen) atoms. The Morgan fingerprint density at radius 2 is 1.77 bits per heavy atom. The number of ether oxygens (including phenoxy) is 3. The lowest BCUT2D eigenvalue weighted by atomic mass is 10.0. The van der Waals surface area contributed by atoms with E-state index in [1.54, 1.807) is 33.1 Å². The van der Waals surface area contributed by atoms with E-state index in [1.807, 2.05) is 0 Å². The predicted molar refractivity (Wildman–Crippen MR) is 112 cm³/mol. The zero-order valence-corrected chi connectivity index (χ0v) is 17.7. The molecule has 1 unspecified atom stereocenters. The largest absolute Gasteiger partial charge is 0.493 e. The van der Waals surface area contributed by atoms with Crippen LogP contribution in [0.2, 0.25) is 0 Å². The minimum Gasteiger partial charge on any atom is -0.493 e. The molecule has 0 bridgehead atoms. The van der Waals surface area contributed by atoms with E-state index in [2.05, 4.69) is 15.3 Å². The van der Waals surface area contributed by atoms with Gasteiger partial charge in [-0.2, -0.15) is 0 Å². The molecule has 1 heterocycles. The molecule has 1 aromatic heterocycles. The van der Waals surface area contributed by atoms with Gasteiger partial charge in [0, 0.05) is 24.1 Å². The molecule has 0 saturated heterocycles. The maximum absolute atomic E-state index is 14.6. The second kappa shape index (κ2) is 9.82. The standard InChI is InChI=1S/C22H24F3N3O3/c1-12(14-6-5-7-15(20(14)23)21(24)25)26-22-16-10-18(30-4)19(31-9-8-29-3)11-17(16)27-13(2)28-22/h5-7,10-12,21H,8-9H2,1-4H3,(H,26,27,28). The van der Waals surface area contributed by atoms with Crippen LogP contribution in [0, 0.1) is 12.7 Å². The van der Waals surface area contributed by atoms with Gasteiger partial charge in [-0.15, -0.1) is 0 Å². The summed E-state index contributed by atoms with van der Waals surface area (Å²) < 4.78 is 56.9. The highest BCUT2D eigenvalue weighted by molar-refractivity contribution is 5.92. The van der Waals surface area contributed by atoms with Gasteiger partial charge in [0.25, 0.3) is 6.43 Å². The topological polar surface area (TPSA) is 65.5 Å². The summed E-state index contributed by atoms with van der Waals surface area (Å²) in [6.07, 6.45) is -2.89. The number of nitrogens with one attached hydrogen (secondary N) is 1. The number of aryl methyl sites for hydroxylation is 1. The third-order valence-electron chi connectivity index (χ3n) is 4.75. The van der Waals surface area contributed by atoms with Crippen LogP contribution in [0.5, 0.6) is 11.5 Å². The number of halogens is 3. The van der Waals surface area contributed by atoms with E-state index in [0.717, 1.165) is 6.07 Å². The average molecular weight is 435 g/mol. The first-order chi connectivity index (χ1) is 14.8. The van der Waals surface area contributed by atoms with Crippen molar-refractivity contribution in [1.82, 2.24) is 9.97 Å². The first-order valence-electron chi connectivity index (χ1n) is 9.66. The van der Waals surface area contributed by atoms with E-state index < -0.39 is 23.8 Å². The molecule has 1 N–H and O–H groups in total. The summed E-state index contributed by atoms with van der Waals surface area (Å²) in [7, 11) is 3.09.